The van der Waals surface area contributed by atoms with Gasteiger partial charge < -0.3 is 5.73 Å². The van der Waals surface area contributed by atoms with Crippen LogP contribution in [0.5, 0.6) is 0 Å². The van der Waals surface area contributed by atoms with Gasteiger partial charge in [0.25, 0.3) is 0 Å². The first-order chi connectivity index (χ1) is 6.60. The SMILES string of the molecule is C[S@](=O)(=NC#N)c1ccc(CN)nc1. The summed E-state index contributed by atoms with van der Waals surface area (Å²) in [7, 11) is -2.62. The van der Waals surface area contributed by atoms with Gasteiger partial charge in [-0.3, -0.25) is 4.98 Å². The highest BCUT2D eigenvalue weighted by Crippen LogP contribution is 2.09. The minimum Gasteiger partial charge on any atom is -0.325 e. The highest BCUT2D eigenvalue weighted by molar-refractivity contribution is 7.93. The van der Waals surface area contributed by atoms with Gasteiger partial charge in [-0.05, 0) is 12.1 Å². The quantitative estimate of drug-likeness (QED) is 0.718. The van der Waals surface area contributed by atoms with E-state index in [-0.39, 0.29) is 0 Å². The van der Waals surface area contributed by atoms with Crippen molar-refractivity contribution < 1.29 is 4.21 Å². The van der Waals surface area contributed by atoms with Gasteiger partial charge in [0, 0.05) is 19.0 Å². The van der Waals surface area contributed by atoms with Gasteiger partial charge in [-0.15, -0.1) is 4.36 Å². The Morgan fingerprint density at radius 3 is 2.86 bits per heavy atom. The molecule has 0 radical (unpaired) electrons. The van der Waals surface area contributed by atoms with E-state index in [1.807, 2.05) is 0 Å². The van der Waals surface area contributed by atoms with Crippen LogP contribution < -0.4 is 5.73 Å². The van der Waals surface area contributed by atoms with E-state index in [2.05, 4.69) is 9.35 Å². The zero-order valence-electron chi connectivity index (χ0n) is 7.67. The summed E-state index contributed by atoms with van der Waals surface area (Å²) in [6.07, 6.45) is 4.37. The number of aromatic nitrogens is 1. The molecule has 0 aliphatic carbocycles. The van der Waals surface area contributed by atoms with Crippen molar-refractivity contribution in [3.63, 3.8) is 0 Å². The van der Waals surface area contributed by atoms with E-state index in [0.717, 1.165) is 0 Å². The minimum absolute atomic E-state index is 0.334. The number of hydrogen-bond acceptors (Lipinski definition) is 5. The molecule has 6 heteroatoms. The first kappa shape index (κ1) is 10.6. The Labute approximate surface area is 82.8 Å². The lowest BCUT2D eigenvalue weighted by molar-refractivity contribution is 0.680. The van der Waals surface area contributed by atoms with E-state index in [9.17, 15) is 4.21 Å². The molecule has 1 atom stereocenters. The summed E-state index contributed by atoms with van der Waals surface area (Å²) in [5, 5.41) is 8.33. The average molecular weight is 210 g/mol. The fourth-order valence-corrected chi connectivity index (χ4v) is 1.72. The fourth-order valence-electron chi connectivity index (χ4n) is 0.886. The Kier molecular flexibility index (Phi) is 3.17. The highest BCUT2D eigenvalue weighted by atomic mass is 32.2. The molecule has 1 aromatic rings. The molecule has 74 valence electrons. The summed E-state index contributed by atoms with van der Waals surface area (Å²) < 4.78 is 15.1. The summed E-state index contributed by atoms with van der Waals surface area (Å²) in [4.78, 5) is 4.41. The molecule has 1 aromatic heterocycles. The zero-order valence-corrected chi connectivity index (χ0v) is 8.49. The van der Waals surface area contributed by atoms with Gasteiger partial charge in [0.15, 0.2) is 0 Å². The van der Waals surface area contributed by atoms with Crippen molar-refractivity contribution in [3.8, 4) is 6.19 Å². The molecule has 0 aliphatic heterocycles. The fraction of sp³-hybridized carbons (Fsp3) is 0.250. The molecule has 2 N–H and O–H groups in total. The van der Waals surface area contributed by atoms with Crippen molar-refractivity contribution in [2.45, 2.75) is 11.4 Å². The van der Waals surface area contributed by atoms with Crippen LogP contribution in [0.2, 0.25) is 0 Å². The molecule has 0 bridgehead atoms. The molecule has 0 saturated carbocycles. The second kappa shape index (κ2) is 4.17. The smallest absolute Gasteiger partial charge is 0.214 e. The van der Waals surface area contributed by atoms with E-state index < -0.39 is 9.73 Å². The standard InChI is InChI=1S/C8H10N4OS/c1-14(13,12-6-10)8-3-2-7(4-9)11-5-8/h2-3,5H,4,9H2,1H3/t14-/m1/s1. The first-order valence-electron chi connectivity index (χ1n) is 3.85. The maximum absolute atomic E-state index is 11.7. The molecule has 0 aliphatic rings. The molecule has 0 saturated heterocycles. The van der Waals surface area contributed by atoms with Crippen molar-refractivity contribution in [1.29, 1.82) is 5.26 Å². The van der Waals surface area contributed by atoms with Crippen LogP contribution in [0, 0.1) is 11.5 Å². The summed E-state index contributed by atoms with van der Waals surface area (Å²) in [6.45, 7) is 0.334. The third-order valence-corrected chi connectivity index (χ3v) is 3.21. The van der Waals surface area contributed by atoms with Crippen molar-refractivity contribution in [2.24, 2.45) is 10.1 Å². The first-order valence-corrected chi connectivity index (χ1v) is 5.78. The molecular weight excluding hydrogens is 200 g/mol. The van der Waals surface area contributed by atoms with Crippen LogP contribution >= 0.6 is 0 Å². The van der Waals surface area contributed by atoms with Gasteiger partial charge >= 0.3 is 0 Å². The Morgan fingerprint density at radius 1 is 1.71 bits per heavy atom. The maximum Gasteiger partial charge on any atom is 0.214 e. The van der Waals surface area contributed by atoms with Crippen LogP contribution in [0.3, 0.4) is 0 Å². The topological polar surface area (TPSA) is 92.1 Å². The normalized spacial score (nSPS) is 14.1. The number of rotatable bonds is 2. The zero-order chi connectivity index (χ0) is 10.6. The van der Waals surface area contributed by atoms with Gasteiger partial charge in [0.1, 0.15) is 0 Å². The van der Waals surface area contributed by atoms with Crippen molar-refractivity contribution in [2.75, 3.05) is 6.26 Å². The number of nitrogens with two attached hydrogens (primary N) is 1. The van der Waals surface area contributed by atoms with Crippen molar-refractivity contribution >= 4 is 9.73 Å². The van der Waals surface area contributed by atoms with Crippen LogP contribution in [0.25, 0.3) is 0 Å². The number of hydrogen-bond donors (Lipinski definition) is 1. The van der Waals surface area contributed by atoms with Gasteiger partial charge in [-0.25, -0.2) is 4.21 Å². The molecule has 5 nitrogen and oxygen atoms in total. The predicted molar refractivity (Wildman–Crippen MR) is 52.5 cm³/mol. The lowest BCUT2D eigenvalue weighted by Crippen LogP contribution is -2.02. The minimum atomic E-state index is -2.62. The van der Waals surface area contributed by atoms with Gasteiger partial charge in [-0.1, -0.05) is 0 Å². The molecular formula is C8H10N4OS. The lowest BCUT2D eigenvalue weighted by atomic mass is 10.4. The summed E-state index contributed by atoms with van der Waals surface area (Å²) in [5.74, 6) is 0. The van der Waals surface area contributed by atoms with Crippen LogP contribution in [-0.4, -0.2) is 15.4 Å². The van der Waals surface area contributed by atoms with Crippen molar-refractivity contribution in [1.82, 2.24) is 4.98 Å². The van der Waals surface area contributed by atoms with Crippen LogP contribution in [-0.2, 0) is 16.3 Å². The van der Waals surface area contributed by atoms with E-state index in [4.69, 9.17) is 11.0 Å². The van der Waals surface area contributed by atoms with Gasteiger partial charge in [0.2, 0.25) is 6.19 Å². The number of nitrogens with zero attached hydrogens (tertiary/aromatic N) is 3. The van der Waals surface area contributed by atoms with Gasteiger partial charge in [-0.2, -0.15) is 5.26 Å². The molecule has 0 unspecified atom stereocenters. The Bertz CT molecular complexity index is 465. The predicted octanol–water partition coefficient (Wildman–Crippen LogP) is 0.478. The molecule has 14 heavy (non-hydrogen) atoms. The Morgan fingerprint density at radius 2 is 2.43 bits per heavy atom. The summed E-state index contributed by atoms with van der Waals surface area (Å²) >= 11 is 0. The second-order valence-electron chi connectivity index (χ2n) is 2.68. The third kappa shape index (κ3) is 2.28. The molecule has 1 heterocycles. The van der Waals surface area contributed by atoms with Crippen LogP contribution in [0.1, 0.15) is 5.69 Å². The van der Waals surface area contributed by atoms with Gasteiger partial charge in [0.05, 0.1) is 20.3 Å². The van der Waals surface area contributed by atoms with Crippen LogP contribution in [0.15, 0.2) is 27.6 Å². The monoisotopic (exact) mass is 210 g/mol. The molecule has 1 rings (SSSR count). The lowest BCUT2D eigenvalue weighted by Gasteiger charge is -2.01. The average Bonchev–Trinajstić information content (AvgIpc) is 2.18. The van der Waals surface area contributed by atoms with E-state index in [0.29, 0.717) is 17.1 Å². The van der Waals surface area contributed by atoms with E-state index in [1.165, 1.54) is 18.6 Å². The Hall–Kier alpha value is -1.45. The highest BCUT2D eigenvalue weighted by Gasteiger charge is 2.05. The molecule has 0 spiro atoms. The number of pyridine rings is 1. The summed E-state index contributed by atoms with van der Waals surface area (Å²) in [6, 6.07) is 3.30. The maximum atomic E-state index is 11.7. The largest absolute Gasteiger partial charge is 0.325 e. The van der Waals surface area contributed by atoms with E-state index >= 15 is 0 Å². The second-order valence-corrected chi connectivity index (χ2v) is 4.94. The molecule has 0 amide bonds. The third-order valence-electron chi connectivity index (χ3n) is 1.66. The van der Waals surface area contributed by atoms with Crippen molar-refractivity contribution in [3.05, 3.63) is 24.0 Å². The summed E-state index contributed by atoms with van der Waals surface area (Å²) in [5.41, 5.74) is 6.07. The Balaban J connectivity index is 3.18. The van der Waals surface area contributed by atoms with E-state index in [1.54, 1.807) is 12.1 Å². The molecule has 0 aromatic carbocycles. The van der Waals surface area contributed by atoms with Crippen LogP contribution in [0.4, 0.5) is 0 Å². The number of nitriles is 1. The molecule has 0 fully saturated rings.